The van der Waals surface area contributed by atoms with Crippen molar-refractivity contribution in [2.24, 2.45) is 5.41 Å². The van der Waals surface area contributed by atoms with Gasteiger partial charge in [0.2, 0.25) is 5.91 Å². The van der Waals surface area contributed by atoms with E-state index in [2.05, 4.69) is 5.32 Å². The average Bonchev–Trinajstić information content (AvgIpc) is 2.62. The van der Waals surface area contributed by atoms with Gasteiger partial charge in [-0.15, -0.1) is 0 Å². The molecule has 0 saturated carbocycles. The van der Waals surface area contributed by atoms with E-state index in [0.29, 0.717) is 17.9 Å². The minimum absolute atomic E-state index is 0.115. The number of anilines is 1. The van der Waals surface area contributed by atoms with Crippen molar-refractivity contribution < 1.29 is 24.2 Å². The van der Waals surface area contributed by atoms with Crippen LogP contribution in [0.2, 0.25) is 0 Å². The van der Waals surface area contributed by atoms with E-state index < -0.39 is 18.0 Å². The molecule has 0 aliphatic rings. The molecule has 2 N–H and O–H groups in total. The van der Waals surface area contributed by atoms with Crippen molar-refractivity contribution in [3.63, 3.8) is 0 Å². The van der Waals surface area contributed by atoms with Crippen LogP contribution in [0.25, 0.3) is 0 Å². The van der Waals surface area contributed by atoms with Crippen LogP contribution in [-0.4, -0.2) is 30.7 Å². The number of methoxy groups -OCH3 is 1. The summed E-state index contributed by atoms with van der Waals surface area (Å²) in [7, 11) is 1.61. The number of aryl methyl sites for hydroxylation is 1. The molecule has 0 aromatic heterocycles. The predicted octanol–water partition coefficient (Wildman–Crippen LogP) is 3.67. The van der Waals surface area contributed by atoms with Crippen LogP contribution in [0, 0.1) is 12.3 Å². The quantitative estimate of drug-likeness (QED) is 0.739. The maximum absolute atomic E-state index is 12.8. The van der Waals surface area contributed by atoms with E-state index >= 15 is 0 Å². The third kappa shape index (κ3) is 5.48. The second-order valence-electron chi connectivity index (χ2n) is 6.99. The van der Waals surface area contributed by atoms with E-state index in [1.165, 1.54) is 0 Å². The van der Waals surface area contributed by atoms with Crippen molar-refractivity contribution in [3.05, 3.63) is 53.6 Å². The van der Waals surface area contributed by atoms with Crippen LogP contribution in [0.4, 0.5) is 5.69 Å². The van der Waals surface area contributed by atoms with Crippen molar-refractivity contribution in [3.8, 4) is 11.5 Å². The standard InChI is InChI=1S/C21H25NO5/c1-14-11-16(27-13-19(23)24)9-10-17(14)22-20(25)21(2,3)12-15-7-5-6-8-18(15)26-4/h5-11H,12-13H2,1-4H3,(H,22,25)(H,23,24). The predicted molar refractivity (Wildman–Crippen MR) is 103 cm³/mol. The third-order valence-corrected chi connectivity index (χ3v) is 4.25. The molecule has 0 aliphatic heterocycles. The molecule has 6 heteroatoms. The molecule has 2 rings (SSSR count). The number of aliphatic carboxylic acids is 1. The smallest absolute Gasteiger partial charge is 0.341 e. The number of rotatable bonds is 8. The van der Waals surface area contributed by atoms with E-state index in [1.807, 2.05) is 45.0 Å². The van der Waals surface area contributed by atoms with Crippen LogP contribution in [0.3, 0.4) is 0 Å². The van der Waals surface area contributed by atoms with Crippen LogP contribution < -0.4 is 14.8 Å². The first-order valence-electron chi connectivity index (χ1n) is 8.61. The highest BCUT2D eigenvalue weighted by atomic mass is 16.5. The Morgan fingerprint density at radius 2 is 1.85 bits per heavy atom. The molecule has 0 aliphatic carbocycles. The van der Waals surface area contributed by atoms with Crippen molar-refractivity contribution in [2.45, 2.75) is 27.2 Å². The van der Waals surface area contributed by atoms with Crippen molar-refractivity contribution >= 4 is 17.6 Å². The average molecular weight is 371 g/mol. The summed E-state index contributed by atoms with van der Waals surface area (Å²) in [5, 5.41) is 11.6. The van der Waals surface area contributed by atoms with E-state index in [9.17, 15) is 9.59 Å². The van der Waals surface area contributed by atoms with Crippen LogP contribution in [0.5, 0.6) is 11.5 Å². The fraction of sp³-hybridized carbons (Fsp3) is 0.333. The van der Waals surface area contributed by atoms with Crippen molar-refractivity contribution in [2.75, 3.05) is 19.0 Å². The Bertz CT molecular complexity index is 829. The van der Waals surface area contributed by atoms with Crippen LogP contribution >= 0.6 is 0 Å². The van der Waals surface area contributed by atoms with Crippen molar-refractivity contribution in [1.82, 2.24) is 0 Å². The highest BCUT2D eigenvalue weighted by molar-refractivity contribution is 5.95. The number of nitrogens with one attached hydrogen (secondary N) is 1. The SMILES string of the molecule is COc1ccccc1CC(C)(C)C(=O)Nc1ccc(OCC(=O)O)cc1C. The van der Waals surface area contributed by atoms with Gasteiger partial charge in [0, 0.05) is 11.1 Å². The summed E-state index contributed by atoms with van der Waals surface area (Å²) in [4.78, 5) is 23.4. The molecule has 0 bridgehead atoms. The molecule has 6 nitrogen and oxygen atoms in total. The summed E-state index contributed by atoms with van der Waals surface area (Å²) in [6.07, 6.45) is 0.529. The molecule has 2 aromatic rings. The largest absolute Gasteiger partial charge is 0.496 e. The number of benzene rings is 2. The Balaban J connectivity index is 2.09. The molecule has 0 unspecified atom stereocenters. The van der Waals surface area contributed by atoms with Gasteiger partial charge in [-0.05, 0) is 48.7 Å². The van der Waals surface area contributed by atoms with Gasteiger partial charge >= 0.3 is 5.97 Å². The molecule has 1 amide bonds. The topological polar surface area (TPSA) is 84.9 Å². The second kappa shape index (κ2) is 8.58. The lowest BCUT2D eigenvalue weighted by Gasteiger charge is -2.25. The summed E-state index contributed by atoms with van der Waals surface area (Å²) in [6.45, 7) is 5.19. The molecule has 27 heavy (non-hydrogen) atoms. The lowest BCUT2D eigenvalue weighted by Crippen LogP contribution is -2.33. The Hall–Kier alpha value is -3.02. The first kappa shape index (κ1) is 20.3. The number of amides is 1. The van der Waals surface area contributed by atoms with Gasteiger partial charge in [0.15, 0.2) is 6.61 Å². The number of hydrogen-bond acceptors (Lipinski definition) is 4. The van der Waals surface area contributed by atoms with E-state index in [-0.39, 0.29) is 5.91 Å². The first-order chi connectivity index (χ1) is 12.7. The Morgan fingerprint density at radius 3 is 2.48 bits per heavy atom. The zero-order valence-corrected chi connectivity index (χ0v) is 16.0. The summed E-state index contributed by atoms with van der Waals surface area (Å²) < 4.78 is 10.5. The van der Waals surface area contributed by atoms with E-state index in [1.54, 1.807) is 25.3 Å². The normalized spacial score (nSPS) is 11.0. The summed E-state index contributed by atoms with van der Waals surface area (Å²) >= 11 is 0. The monoisotopic (exact) mass is 371 g/mol. The van der Waals surface area contributed by atoms with E-state index in [0.717, 1.165) is 16.9 Å². The zero-order valence-electron chi connectivity index (χ0n) is 16.0. The maximum atomic E-state index is 12.8. The fourth-order valence-corrected chi connectivity index (χ4v) is 2.71. The molecule has 0 atom stereocenters. The fourth-order valence-electron chi connectivity index (χ4n) is 2.71. The molecule has 0 saturated heterocycles. The number of carboxylic acid groups (broad SMARTS) is 1. The highest BCUT2D eigenvalue weighted by Gasteiger charge is 2.29. The molecule has 0 fully saturated rings. The Morgan fingerprint density at radius 1 is 1.15 bits per heavy atom. The van der Waals surface area contributed by atoms with Gasteiger partial charge in [-0.1, -0.05) is 32.0 Å². The van der Waals surface area contributed by atoms with Gasteiger partial charge in [0.1, 0.15) is 11.5 Å². The number of carbonyl (C=O) groups is 2. The number of ether oxygens (including phenoxy) is 2. The van der Waals surface area contributed by atoms with Gasteiger partial charge in [-0.2, -0.15) is 0 Å². The number of carbonyl (C=O) groups excluding carboxylic acids is 1. The lowest BCUT2D eigenvalue weighted by atomic mass is 9.84. The molecule has 2 aromatic carbocycles. The summed E-state index contributed by atoms with van der Waals surface area (Å²) in [5.41, 5.74) is 1.77. The number of hydrogen-bond donors (Lipinski definition) is 2. The second-order valence-corrected chi connectivity index (χ2v) is 6.99. The van der Waals surface area contributed by atoms with Crippen molar-refractivity contribution in [1.29, 1.82) is 0 Å². The lowest BCUT2D eigenvalue weighted by molar-refractivity contribution is -0.139. The molecule has 0 radical (unpaired) electrons. The minimum Gasteiger partial charge on any atom is -0.496 e. The highest BCUT2D eigenvalue weighted by Crippen LogP contribution is 2.30. The van der Waals surface area contributed by atoms with Crippen LogP contribution in [-0.2, 0) is 16.0 Å². The summed E-state index contributed by atoms with van der Waals surface area (Å²) in [6, 6.07) is 12.7. The van der Waals surface area contributed by atoms with Gasteiger partial charge in [0.25, 0.3) is 0 Å². The number of para-hydroxylation sites is 1. The minimum atomic E-state index is -1.04. The molecular weight excluding hydrogens is 346 g/mol. The van der Waals surface area contributed by atoms with Gasteiger partial charge in [-0.25, -0.2) is 4.79 Å². The molecule has 0 spiro atoms. The zero-order chi connectivity index (χ0) is 20.0. The molecular formula is C21H25NO5. The van der Waals surface area contributed by atoms with Crippen LogP contribution in [0.1, 0.15) is 25.0 Å². The maximum Gasteiger partial charge on any atom is 0.341 e. The molecule has 144 valence electrons. The Kier molecular flexibility index (Phi) is 6.45. The third-order valence-electron chi connectivity index (χ3n) is 4.25. The number of carboxylic acids is 1. The van der Waals surface area contributed by atoms with E-state index in [4.69, 9.17) is 14.6 Å². The van der Waals surface area contributed by atoms with Gasteiger partial charge in [-0.3, -0.25) is 4.79 Å². The first-order valence-corrected chi connectivity index (χ1v) is 8.61. The molecule has 0 heterocycles. The van der Waals surface area contributed by atoms with Gasteiger partial charge < -0.3 is 19.9 Å². The van der Waals surface area contributed by atoms with Crippen LogP contribution in [0.15, 0.2) is 42.5 Å². The van der Waals surface area contributed by atoms with Gasteiger partial charge in [0.05, 0.1) is 7.11 Å². The summed E-state index contributed by atoms with van der Waals surface area (Å²) in [5.74, 6) is 0.0505. The Labute approximate surface area is 159 Å².